The fourth-order valence-corrected chi connectivity index (χ4v) is 2.14. The van der Waals surface area contributed by atoms with Crippen molar-refractivity contribution in [3.05, 3.63) is 10.4 Å². The molecule has 1 saturated heterocycles. The van der Waals surface area contributed by atoms with Crippen LogP contribution >= 0.6 is 0 Å². The summed E-state index contributed by atoms with van der Waals surface area (Å²) in [7, 11) is 0. The Morgan fingerprint density at radius 3 is 2.40 bits per heavy atom. The van der Waals surface area contributed by atoms with Gasteiger partial charge in [-0.15, -0.1) is 0 Å². The Morgan fingerprint density at radius 2 is 1.90 bits per heavy atom. The van der Waals surface area contributed by atoms with Gasteiger partial charge in [0.25, 0.3) is 0 Å². The van der Waals surface area contributed by atoms with E-state index in [1.54, 1.807) is 0 Å². The molecule has 20 heavy (non-hydrogen) atoms. The molecule has 0 saturated carbocycles. The molecule has 0 aromatic carbocycles. The molecule has 8 nitrogen and oxygen atoms in total. The lowest BCUT2D eigenvalue weighted by Crippen LogP contribution is -2.51. The number of carbonyl (C=O) groups excluding carboxylic acids is 2. The highest BCUT2D eigenvalue weighted by molar-refractivity contribution is 5.66. The lowest BCUT2D eigenvalue weighted by molar-refractivity contribution is -0.234. The van der Waals surface area contributed by atoms with Crippen LogP contribution in [0, 0.1) is 11.8 Å². The monoisotopic (exact) mass is 285 g/mol. The summed E-state index contributed by atoms with van der Waals surface area (Å²) >= 11 is 0. The molecule has 0 bridgehead atoms. The summed E-state index contributed by atoms with van der Waals surface area (Å²) in [4.78, 5) is 24.7. The minimum Gasteiger partial charge on any atom is -0.463 e. The van der Waals surface area contributed by atoms with E-state index in [0.29, 0.717) is 0 Å². The van der Waals surface area contributed by atoms with Crippen LogP contribution in [0.25, 0.3) is 10.4 Å². The van der Waals surface area contributed by atoms with Gasteiger partial charge in [0, 0.05) is 18.8 Å². The van der Waals surface area contributed by atoms with E-state index in [2.05, 4.69) is 10.0 Å². The molecule has 2 unspecified atom stereocenters. The maximum absolute atomic E-state index is 11.1. The molecule has 1 rings (SSSR count). The number of rotatable bonds is 4. The molecular weight excluding hydrogens is 266 g/mol. The Bertz CT molecular complexity index is 421. The van der Waals surface area contributed by atoms with Gasteiger partial charge in [0.2, 0.25) is 6.29 Å². The molecule has 0 aliphatic carbocycles. The maximum Gasteiger partial charge on any atom is 0.304 e. The van der Waals surface area contributed by atoms with Crippen LogP contribution in [0.3, 0.4) is 0 Å². The SMILES string of the molecule is CC(=O)OCC1O[C@H](OC(C)=O)C(N=[N+]=[N-])[C@@H](C)[C@@H]1C. The molecule has 8 heteroatoms. The number of carbonyl (C=O) groups is 2. The Kier molecular flexibility index (Phi) is 5.79. The molecule has 1 aliphatic heterocycles. The van der Waals surface area contributed by atoms with Crippen molar-refractivity contribution in [3.8, 4) is 0 Å². The van der Waals surface area contributed by atoms with Crippen molar-refractivity contribution in [1.29, 1.82) is 0 Å². The van der Waals surface area contributed by atoms with Crippen LogP contribution < -0.4 is 0 Å². The molecular formula is C12H19N3O5. The second kappa shape index (κ2) is 7.12. The van der Waals surface area contributed by atoms with E-state index in [9.17, 15) is 9.59 Å². The topological polar surface area (TPSA) is 111 Å². The lowest BCUT2D eigenvalue weighted by Gasteiger charge is -2.41. The zero-order valence-electron chi connectivity index (χ0n) is 12.0. The van der Waals surface area contributed by atoms with E-state index < -0.39 is 30.4 Å². The molecule has 1 fully saturated rings. The van der Waals surface area contributed by atoms with E-state index in [0.717, 1.165) is 0 Å². The van der Waals surface area contributed by atoms with Crippen LogP contribution in [0.4, 0.5) is 0 Å². The minimum atomic E-state index is -0.963. The van der Waals surface area contributed by atoms with Gasteiger partial charge in [-0.2, -0.15) is 0 Å². The van der Waals surface area contributed by atoms with Crippen molar-refractivity contribution in [1.82, 2.24) is 0 Å². The molecule has 0 spiro atoms. The van der Waals surface area contributed by atoms with Gasteiger partial charge in [-0.1, -0.05) is 19.0 Å². The predicted molar refractivity (Wildman–Crippen MR) is 68.3 cm³/mol. The molecule has 0 radical (unpaired) electrons. The van der Waals surface area contributed by atoms with Crippen molar-refractivity contribution in [2.45, 2.75) is 46.1 Å². The third kappa shape index (κ3) is 4.11. The molecule has 1 heterocycles. The summed E-state index contributed by atoms with van der Waals surface area (Å²) < 4.78 is 15.6. The third-order valence-electron chi connectivity index (χ3n) is 3.46. The van der Waals surface area contributed by atoms with Crippen LogP contribution in [0.5, 0.6) is 0 Å². The van der Waals surface area contributed by atoms with Gasteiger partial charge < -0.3 is 14.2 Å². The first-order valence-corrected chi connectivity index (χ1v) is 6.37. The smallest absolute Gasteiger partial charge is 0.304 e. The highest BCUT2D eigenvalue weighted by Gasteiger charge is 2.43. The number of nitrogens with zero attached hydrogens (tertiary/aromatic N) is 3. The first-order chi connectivity index (χ1) is 9.36. The highest BCUT2D eigenvalue weighted by atomic mass is 16.7. The Balaban J connectivity index is 2.85. The third-order valence-corrected chi connectivity index (χ3v) is 3.46. The number of esters is 2. The average molecular weight is 285 g/mol. The largest absolute Gasteiger partial charge is 0.463 e. The van der Waals surface area contributed by atoms with Crippen LogP contribution in [0.1, 0.15) is 27.7 Å². The molecule has 0 amide bonds. The van der Waals surface area contributed by atoms with Crippen molar-refractivity contribution in [3.63, 3.8) is 0 Å². The lowest BCUT2D eigenvalue weighted by atomic mass is 9.82. The predicted octanol–water partition coefficient (Wildman–Crippen LogP) is 1.79. The summed E-state index contributed by atoms with van der Waals surface area (Å²) in [6, 6.07) is -0.604. The van der Waals surface area contributed by atoms with Crippen molar-refractivity contribution in [2.75, 3.05) is 6.61 Å². The fraction of sp³-hybridized carbons (Fsp3) is 0.833. The number of hydrogen-bond donors (Lipinski definition) is 0. The highest BCUT2D eigenvalue weighted by Crippen LogP contribution is 2.33. The number of hydrogen-bond acceptors (Lipinski definition) is 6. The molecule has 112 valence electrons. The first-order valence-electron chi connectivity index (χ1n) is 6.37. The van der Waals surface area contributed by atoms with Crippen LogP contribution in [-0.2, 0) is 23.8 Å². The quantitative estimate of drug-likeness (QED) is 0.338. The van der Waals surface area contributed by atoms with Gasteiger partial charge in [-0.3, -0.25) is 9.59 Å². The minimum absolute atomic E-state index is 0.0170. The van der Waals surface area contributed by atoms with E-state index >= 15 is 0 Å². The number of azide groups is 1. The summed E-state index contributed by atoms with van der Waals surface area (Å²) in [5, 5.41) is 3.65. The Morgan fingerprint density at radius 1 is 1.25 bits per heavy atom. The van der Waals surface area contributed by atoms with E-state index in [1.165, 1.54) is 13.8 Å². The average Bonchev–Trinajstić information content (AvgIpc) is 2.36. The molecule has 0 aromatic rings. The standard InChI is InChI=1S/C12H19N3O5/c1-6-7(2)11(14-15-13)12(19-9(4)17)20-10(6)5-18-8(3)16/h6-7,10-12H,5H2,1-4H3/t6-,7-,10?,11?,12-/m0/s1. The van der Waals surface area contributed by atoms with Crippen molar-refractivity contribution < 1.29 is 23.8 Å². The second-order valence-corrected chi connectivity index (χ2v) is 4.87. The first kappa shape index (κ1) is 16.3. The fourth-order valence-electron chi connectivity index (χ4n) is 2.14. The van der Waals surface area contributed by atoms with Crippen LogP contribution in [0.2, 0.25) is 0 Å². The zero-order valence-corrected chi connectivity index (χ0v) is 12.0. The van der Waals surface area contributed by atoms with Gasteiger partial charge in [-0.05, 0) is 17.4 Å². The summed E-state index contributed by atoms with van der Waals surface area (Å²) in [6.07, 6.45) is -1.38. The second-order valence-electron chi connectivity index (χ2n) is 4.87. The Hall–Kier alpha value is -1.79. The van der Waals surface area contributed by atoms with Gasteiger partial charge in [0.05, 0.1) is 6.10 Å². The summed E-state index contributed by atoms with van der Waals surface area (Å²) in [5.41, 5.74) is 8.61. The molecule has 0 N–H and O–H groups in total. The number of ether oxygens (including phenoxy) is 3. The van der Waals surface area contributed by atoms with Gasteiger partial charge in [-0.25, -0.2) is 0 Å². The molecule has 5 atom stereocenters. The normalized spacial score (nSPS) is 32.9. The van der Waals surface area contributed by atoms with E-state index in [1.807, 2.05) is 13.8 Å². The molecule has 1 aliphatic rings. The van der Waals surface area contributed by atoms with Crippen LogP contribution in [-0.4, -0.2) is 37.0 Å². The van der Waals surface area contributed by atoms with Gasteiger partial charge in [0.1, 0.15) is 12.6 Å². The van der Waals surface area contributed by atoms with E-state index in [-0.39, 0.29) is 18.4 Å². The zero-order chi connectivity index (χ0) is 15.3. The summed E-state index contributed by atoms with van der Waals surface area (Å²) in [6.45, 7) is 6.41. The van der Waals surface area contributed by atoms with Crippen LogP contribution in [0.15, 0.2) is 5.11 Å². The summed E-state index contributed by atoms with van der Waals surface area (Å²) in [5.74, 6) is -1.03. The van der Waals surface area contributed by atoms with Crippen molar-refractivity contribution >= 4 is 11.9 Å². The molecule has 0 aromatic heterocycles. The van der Waals surface area contributed by atoms with E-state index in [4.69, 9.17) is 19.7 Å². The Labute approximate surface area is 117 Å². The van der Waals surface area contributed by atoms with Gasteiger partial charge in [0.15, 0.2) is 0 Å². The van der Waals surface area contributed by atoms with Gasteiger partial charge >= 0.3 is 11.9 Å². The maximum atomic E-state index is 11.1. The van der Waals surface area contributed by atoms with Crippen molar-refractivity contribution in [2.24, 2.45) is 17.0 Å².